The lowest BCUT2D eigenvalue weighted by Crippen LogP contribution is -1.96. The molecule has 1 aromatic carbocycles. The van der Waals surface area contributed by atoms with Gasteiger partial charge in [0, 0.05) is 21.6 Å². The first-order valence-electron chi connectivity index (χ1n) is 5.43. The first-order chi connectivity index (χ1) is 8.76. The van der Waals surface area contributed by atoms with Crippen LogP contribution in [0.5, 0.6) is 5.75 Å². The molecule has 4 heteroatoms. The van der Waals surface area contributed by atoms with E-state index in [2.05, 4.69) is 4.98 Å². The third-order valence-corrected chi connectivity index (χ3v) is 3.66. The van der Waals surface area contributed by atoms with Crippen molar-refractivity contribution in [2.24, 2.45) is 0 Å². The van der Waals surface area contributed by atoms with Crippen LogP contribution < -0.4 is 4.74 Å². The van der Waals surface area contributed by atoms with Crippen LogP contribution >= 0.6 is 11.8 Å². The largest absolute Gasteiger partial charge is 0.493 e. The summed E-state index contributed by atoms with van der Waals surface area (Å²) in [5.74, 6) is 0.554. The number of methoxy groups -OCH3 is 1. The van der Waals surface area contributed by atoms with Gasteiger partial charge in [0.25, 0.3) is 0 Å². The Hall–Kier alpha value is -1.99. The fraction of sp³-hybridized carbons (Fsp3) is 0.143. The molecule has 18 heavy (non-hydrogen) atoms. The first-order valence-corrected chi connectivity index (χ1v) is 6.24. The van der Waals surface area contributed by atoms with Crippen molar-refractivity contribution >= 4 is 11.8 Å². The monoisotopic (exact) mass is 256 g/mol. The maximum absolute atomic E-state index is 8.96. The molecule has 90 valence electrons. The number of benzene rings is 1. The average molecular weight is 256 g/mol. The maximum atomic E-state index is 8.96. The predicted octanol–water partition coefficient (Wildman–Crippen LogP) is 3.42. The molecule has 0 spiro atoms. The SMILES string of the molecule is COc1c(C#N)ncc(Sc2ccccc2)c1C. The molecule has 1 heterocycles. The third-order valence-electron chi connectivity index (χ3n) is 2.52. The van der Waals surface area contributed by atoms with Crippen molar-refractivity contribution < 1.29 is 4.74 Å². The molecule has 0 amide bonds. The number of pyridine rings is 1. The lowest BCUT2D eigenvalue weighted by Gasteiger charge is -2.10. The summed E-state index contributed by atoms with van der Waals surface area (Å²) in [6.07, 6.45) is 1.72. The molecule has 0 fully saturated rings. The van der Waals surface area contributed by atoms with Gasteiger partial charge in [0.05, 0.1) is 7.11 Å². The summed E-state index contributed by atoms with van der Waals surface area (Å²) >= 11 is 1.61. The van der Waals surface area contributed by atoms with Crippen molar-refractivity contribution in [1.29, 1.82) is 5.26 Å². The van der Waals surface area contributed by atoms with Gasteiger partial charge in [-0.1, -0.05) is 30.0 Å². The minimum atomic E-state index is 0.326. The lowest BCUT2D eigenvalue weighted by molar-refractivity contribution is 0.406. The molecular formula is C14H12N2OS. The molecule has 0 atom stereocenters. The van der Waals surface area contributed by atoms with Crippen molar-refractivity contribution in [2.45, 2.75) is 16.7 Å². The van der Waals surface area contributed by atoms with Crippen LogP contribution in [0.2, 0.25) is 0 Å². The van der Waals surface area contributed by atoms with Gasteiger partial charge in [-0.05, 0) is 19.1 Å². The van der Waals surface area contributed by atoms with E-state index < -0.39 is 0 Å². The maximum Gasteiger partial charge on any atom is 0.182 e. The molecule has 0 saturated heterocycles. The van der Waals surface area contributed by atoms with E-state index in [1.807, 2.05) is 43.3 Å². The molecule has 0 aliphatic rings. The second kappa shape index (κ2) is 5.56. The number of rotatable bonds is 3. The second-order valence-electron chi connectivity index (χ2n) is 3.66. The number of nitriles is 1. The number of ether oxygens (including phenoxy) is 1. The van der Waals surface area contributed by atoms with E-state index in [4.69, 9.17) is 10.00 Å². The Bertz CT molecular complexity index is 591. The molecule has 0 radical (unpaired) electrons. The number of nitrogens with zero attached hydrogens (tertiary/aromatic N) is 2. The highest BCUT2D eigenvalue weighted by atomic mass is 32.2. The van der Waals surface area contributed by atoms with Crippen molar-refractivity contribution in [3.05, 3.63) is 47.8 Å². The number of hydrogen-bond acceptors (Lipinski definition) is 4. The van der Waals surface area contributed by atoms with E-state index in [0.29, 0.717) is 11.4 Å². The molecule has 0 bridgehead atoms. The van der Waals surface area contributed by atoms with E-state index in [-0.39, 0.29) is 0 Å². The quantitative estimate of drug-likeness (QED) is 0.844. The van der Waals surface area contributed by atoms with Crippen LogP contribution in [0, 0.1) is 18.3 Å². The summed E-state index contributed by atoms with van der Waals surface area (Å²) in [6.45, 7) is 1.94. The van der Waals surface area contributed by atoms with Gasteiger partial charge in [0.2, 0.25) is 0 Å². The molecule has 0 saturated carbocycles. The van der Waals surface area contributed by atoms with Crippen LogP contribution in [0.15, 0.2) is 46.3 Å². The topological polar surface area (TPSA) is 45.9 Å². The van der Waals surface area contributed by atoms with Crippen LogP contribution in [-0.4, -0.2) is 12.1 Å². The Kier molecular flexibility index (Phi) is 3.85. The molecule has 2 rings (SSSR count). The minimum absolute atomic E-state index is 0.326. The first kappa shape index (κ1) is 12.5. The molecule has 1 aromatic heterocycles. The van der Waals surface area contributed by atoms with Gasteiger partial charge in [0.1, 0.15) is 6.07 Å². The standard InChI is InChI=1S/C14H12N2OS/c1-10-13(18-11-6-4-3-5-7-11)9-16-12(8-15)14(10)17-2/h3-7,9H,1-2H3. The molecule has 0 N–H and O–H groups in total. The summed E-state index contributed by atoms with van der Waals surface area (Å²) in [7, 11) is 1.56. The Morgan fingerprint density at radius 3 is 2.61 bits per heavy atom. The average Bonchev–Trinajstić information content (AvgIpc) is 2.42. The molecule has 0 aliphatic carbocycles. The lowest BCUT2D eigenvalue weighted by atomic mass is 10.2. The summed E-state index contributed by atoms with van der Waals surface area (Å²) < 4.78 is 5.25. The second-order valence-corrected chi connectivity index (χ2v) is 4.77. The van der Waals surface area contributed by atoms with Crippen molar-refractivity contribution in [3.8, 4) is 11.8 Å². The summed E-state index contributed by atoms with van der Waals surface area (Å²) in [5, 5.41) is 8.96. The van der Waals surface area contributed by atoms with Gasteiger partial charge in [-0.15, -0.1) is 0 Å². The van der Waals surface area contributed by atoms with E-state index >= 15 is 0 Å². The van der Waals surface area contributed by atoms with Crippen molar-refractivity contribution in [3.63, 3.8) is 0 Å². The summed E-state index contributed by atoms with van der Waals surface area (Å²) in [5.41, 5.74) is 1.27. The van der Waals surface area contributed by atoms with E-state index in [0.717, 1.165) is 15.4 Å². The van der Waals surface area contributed by atoms with Crippen molar-refractivity contribution in [1.82, 2.24) is 4.98 Å². The van der Waals surface area contributed by atoms with Gasteiger partial charge >= 0.3 is 0 Å². The van der Waals surface area contributed by atoms with Crippen LogP contribution in [0.1, 0.15) is 11.3 Å². The highest BCUT2D eigenvalue weighted by Gasteiger charge is 2.12. The van der Waals surface area contributed by atoms with Gasteiger partial charge < -0.3 is 4.74 Å². The molecule has 3 nitrogen and oxygen atoms in total. The number of hydrogen-bond donors (Lipinski definition) is 0. The normalized spacial score (nSPS) is 9.83. The Morgan fingerprint density at radius 1 is 1.28 bits per heavy atom. The zero-order valence-electron chi connectivity index (χ0n) is 10.2. The van der Waals surface area contributed by atoms with Crippen LogP contribution in [0.3, 0.4) is 0 Å². The zero-order valence-corrected chi connectivity index (χ0v) is 11.0. The van der Waals surface area contributed by atoms with Gasteiger partial charge in [-0.25, -0.2) is 4.98 Å². The molecular weight excluding hydrogens is 244 g/mol. The predicted molar refractivity (Wildman–Crippen MR) is 70.8 cm³/mol. The van der Waals surface area contributed by atoms with Gasteiger partial charge in [0.15, 0.2) is 11.4 Å². The Morgan fingerprint density at radius 2 is 2.00 bits per heavy atom. The van der Waals surface area contributed by atoms with Crippen LogP contribution in [0.4, 0.5) is 0 Å². The molecule has 0 unspecified atom stereocenters. The van der Waals surface area contributed by atoms with E-state index in [9.17, 15) is 0 Å². The summed E-state index contributed by atoms with van der Waals surface area (Å²) in [6, 6.07) is 12.1. The van der Waals surface area contributed by atoms with E-state index in [1.54, 1.807) is 25.1 Å². The molecule has 2 aromatic rings. The highest BCUT2D eigenvalue weighted by molar-refractivity contribution is 7.99. The Balaban J connectivity index is 2.39. The van der Waals surface area contributed by atoms with Crippen LogP contribution in [-0.2, 0) is 0 Å². The van der Waals surface area contributed by atoms with Gasteiger partial charge in [-0.2, -0.15) is 5.26 Å². The zero-order chi connectivity index (χ0) is 13.0. The number of aromatic nitrogens is 1. The molecule has 0 aliphatic heterocycles. The smallest absolute Gasteiger partial charge is 0.182 e. The highest BCUT2D eigenvalue weighted by Crippen LogP contribution is 2.34. The fourth-order valence-electron chi connectivity index (χ4n) is 1.62. The fourth-order valence-corrected chi connectivity index (χ4v) is 2.51. The third kappa shape index (κ3) is 2.47. The minimum Gasteiger partial charge on any atom is -0.493 e. The van der Waals surface area contributed by atoms with Gasteiger partial charge in [-0.3, -0.25) is 0 Å². The Labute approximate surface area is 110 Å². The van der Waals surface area contributed by atoms with Crippen LogP contribution in [0.25, 0.3) is 0 Å². The van der Waals surface area contributed by atoms with Crippen molar-refractivity contribution in [2.75, 3.05) is 7.11 Å². The van der Waals surface area contributed by atoms with E-state index in [1.165, 1.54) is 0 Å². The summed E-state index contributed by atoms with van der Waals surface area (Å²) in [4.78, 5) is 6.25.